The first-order valence-electron chi connectivity index (χ1n) is 9.82. The van der Waals surface area contributed by atoms with Crippen molar-refractivity contribution in [2.24, 2.45) is 9.98 Å². The number of fused-ring (bicyclic) bond motifs is 1. The molecule has 3 aromatic rings. The second-order valence-corrected chi connectivity index (χ2v) is 7.47. The minimum atomic E-state index is -0.0558. The number of hydrogen-bond acceptors (Lipinski definition) is 5. The van der Waals surface area contributed by atoms with Crippen molar-refractivity contribution in [3.63, 3.8) is 0 Å². The molecule has 2 N–H and O–H groups in total. The van der Waals surface area contributed by atoms with E-state index in [1.807, 2.05) is 54.6 Å². The van der Waals surface area contributed by atoms with Gasteiger partial charge in [0.05, 0.1) is 11.3 Å². The predicted octanol–water partition coefficient (Wildman–Crippen LogP) is 4.88. The molecular formula is C24H20ClN5. The van der Waals surface area contributed by atoms with Crippen LogP contribution in [0.25, 0.3) is 5.70 Å². The third-order valence-corrected chi connectivity index (χ3v) is 5.59. The van der Waals surface area contributed by atoms with E-state index < -0.39 is 0 Å². The van der Waals surface area contributed by atoms with Crippen molar-refractivity contribution >= 4 is 40.5 Å². The normalized spacial score (nSPS) is 17.8. The van der Waals surface area contributed by atoms with Crippen LogP contribution in [0.1, 0.15) is 23.1 Å². The highest BCUT2D eigenvalue weighted by atomic mass is 35.5. The Balaban J connectivity index is 1.62. The Morgan fingerprint density at radius 3 is 2.53 bits per heavy atom. The average Bonchev–Trinajstić information content (AvgIpc) is 3.18. The number of aliphatic imine (C=N–C) groups is 2. The SMILES string of the molecule is Nc1ncccc1C1=NC2CC=C(c3ccccc3)N=C2N1c1ccc(CCl)cc1. The van der Waals surface area contributed by atoms with Gasteiger partial charge in [0, 0.05) is 17.8 Å². The zero-order valence-electron chi connectivity index (χ0n) is 16.2. The van der Waals surface area contributed by atoms with E-state index in [0.717, 1.165) is 46.2 Å². The predicted molar refractivity (Wildman–Crippen MR) is 124 cm³/mol. The first kappa shape index (κ1) is 18.6. The zero-order chi connectivity index (χ0) is 20.5. The Morgan fingerprint density at radius 1 is 1.00 bits per heavy atom. The maximum absolute atomic E-state index is 6.21. The van der Waals surface area contributed by atoms with Crippen LogP contribution in [-0.2, 0) is 5.88 Å². The number of alkyl halides is 1. The summed E-state index contributed by atoms with van der Waals surface area (Å²) in [5, 5.41) is 0. The fraction of sp³-hybridized carbons (Fsp3) is 0.125. The molecule has 0 spiro atoms. The van der Waals surface area contributed by atoms with E-state index >= 15 is 0 Å². The van der Waals surface area contributed by atoms with Crippen LogP contribution in [0.5, 0.6) is 0 Å². The highest BCUT2D eigenvalue weighted by molar-refractivity contribution is 6.31. The van der Waals surface area contributed by atoms with E-state index in [9.17, 15) is 0 Å². The number of halogens is 1. The van der Waals surface area contributed by atoms with E-state index in [0.29, 0.717) is 11.7 Å². The molecule has 0 amide bonds. The monoisotopic (exact) mass is 413 g/mol. The number of rotatable bonds is 4. The molecule has 2 aromatic carbocycles. The van der Waals surface area contributed by atoms with Crippen LogP contribution in [0.3, 0.4) is 0 Å². The number of nitrogens with two attached hydrogens (primary N) is 1. The number of nitrogen functional groups attached to an aromatic ring is 1. The summed E-state index contributed by atoms with van der Waals surface area (Å²) in [6, 6.07) is 22.1. The van der Waals surface area contributed by atoms with E-state index in [2.05, 4.69) is 28.1 Å². The summed E-state index contributed by atoms with van der Waals surface area (Å²) >= 11 is 5.99. The smallest absolute Gasteiger partial charge is 0.145 e. The number of amidine groups is 2. The highest BCUT2D eigenvalue weighted by Crippen LogP contribution is 2.33. The van der Waals surface area contributed by atoms with Crippen molar-refractivity contribution in [1.82, 2.24) is 4.98 Å². The molecular weight excluding hydrogens is 394 g/mol. The second kappa shape index (κ2) is 7.76. The molecule has 0 aliphatic carbocycles. The Labute approximate surface area is 180 Å². The van der Waals surface area contributed by atoms with Crippen LogP contribution in [0.2, 0.25) is 0 Å². The number of nitrogens with zero attached hydrogens (tertiary/aromatic N) is 4. The summed E-state index contributed by atoms with van der Waals surface area (Å²) in [6.45, 7) is 0. The van der Waals surface area contributed by atoms with Gasteiger partial charge in [-0.05, 0) is 41.8 Å². The minimum Gasteiger partial charge on any atom is -0.383 e. The topological polar surface area (TPSA) is 66.9 Å². The molecule has 1 unspecified atom stereocenters. The molecule has 0 fully saturated rings. The fourth-order valence-electron chi connectivity index (χ4n) is 3.77. The molecule has 5 nitrogen and oxygen atoms in total. The van der Waals surface area contributed by atoms with Crippen LogP contribution < -0.4 is 10.6 Å². The van der Waals surface area contributed by atoms with Gasteiger partial charge in [0.25, 0.3) is 0 Å². The van der Waals surface area contributed by atoms with E-state index in [-0.39, 0.29) is 6.04 Å². The number of aromatic nitrogens is 1. The van der Waals surface area contributed by atoms with E-state index in [1.54, 1.807) is 6.20 Å². The van der Waals surface area contributed by atoms with Gasteiger partial charge in [-0.3, -0.25) is 9.89 Å². The van der Waals surface area contributed by atoms with Gasteiger partial charge in [-0.15, -0.1) is 11.6 Å². The molecule has 2 aliphatic rings. The summed E-state index contributed by atoms with van der Waals surface area (Å²) in [5.41, 5.74) is 11.1. The van der Waals surface area contributed by atoms with Crippen molar-refractivity contribution in [3.05, 3.63) is 95.7 Å². The number of benzene rings is 2. The third-order valence-electron chi connectivity index (χ3n) is 5.28. The second-order valence-electron chi connectivity index (χ2n) is 7.20. The lowest BCUT2D eigenvalue weighted by molar-refractivity contribution is 0.879. The molecule has 0 bridgehead atoms. The molecule has 148 valence electrons. The van der Waals surface area contributed by atoms with Gasteiger partial charge in [-0.1, -0.05) is 48.5 Å². The maximum Gasteiger partial charge on any atom is 0.145 e. The largest absolute Gasteiger partial charge is 0.383 e. The van der Waals surface area contributed by atoms with Crippen molar-refractivity contribution < 1.29 is 0 Å². The molecule has 5 rings (SSSR count). The molecule has 2 aliphatic heterocycles. The first-order chi connectivity index (χ1) is 14.7. The van der Waals surface area contributed by atoms with E-state index in [1.165, 1.54) is 0 Å². The maximum atomic E-state index is 6.21. The zero-order valence-corrected chi connectivity index (χ0v) is 17.0. The molecule has 3 heterocycles. The van der Waals surface area contributed by atoms with Crippen LogP contribution in [0.4, 0.5) is 11.5 Å². The lowest BCUT2D eigenvalue weighted by atomic mass is 10.0. The third kappa shape index (κ3) is 3.27. The summed E-state index contributed by atoms with van der Waals surface area (Å²) in [6.07, 6.45) is 4.62. The molecule has 0 saturated carbocycles. The van der Waals surface area contributed by atoms with E-state index in [4.69, 9.17) is 27.3 Å². The fourth-order valence-corrected chi connectivity index (χ4v) is 3.95. The average molecular weight is 414 g/mol. The summed E-state index contributed by atoms with van der Waals surface area (Å²) < 4.78 is 0. The van der Waals surface area contributed by atoms with Crippen molar-refractivity contribution in [1.29, 1.82) is 0 Å². The standard InChI is InChI=1S/C24H20ClN5/c25-15-16-8-10-18(11-9-16)30-23(19-7-4-14-27-22(19)26)29-21-13-12-20(28-24(21)30)17-5-2-1-3-6-17/h1-12,14,21H,13,15H2,(H2,26,27). The molecule has 0 radical (unpaired) electrons. The van der Waals surface area contributed by atoms with Gasteiger partial charge in [-0.25, -0.2) is 9.98 Å². The van der Waals surface area contributed by atoms with Crippen molar-refractivity contribution in [2.75, 3.05) is 10.6 Å². The lowest BCUT2D eigenvalue weighted by Crippen LogP contribution is -2.37. The van der Waals surface area contributed by atoms with Gasteiger partial charge < -0.3 is 5.73 Å². The highest BCUT2D eigenvalue weighted by Gasteiger charge is 2.36. The first-order valence-corrected chi connectivity index (χ1v) is 10.4. The molecule has 6 heteroatoms. The Kier molecular flexibility index (Phi) is 4.81. The van der Waals surface area contributed by atoms with Crippen LogP contribution in [-0.4, -0.2) is 22.7 Å². The quantitative estimate of drug-likeness (QED) is 0.620. The Hall–Kier alpha value is -3.44. The summed E-state index contributed by atoms with van der Waals surface area (Å²) in [7, 11) is 0. The van der Waals surface area contributed by atoms with Gasteiger partial charge in [0.2, 0.25) is 0 Å². The van der Waals surface area contributed by atoms with Crippen LogP contribution in [0.15, 0.2) is 89.0 Å². The number of anilines is 2. The van der Waals surface area contributed by atoms with Crippen molar-refractivity contribution in [3.8, 4) is 0 Å². The van der Waals surface area contributed by atoms with Gasteiger partial charge in [0.1, 0.15) is 23.5 Å². The number of pyridine rings is 1. The molecule has 30 heavy (non-hydrogen) atoms. The Bertz CT molecular complexity index is 1170. The van der Waals surface area contributed by atoms with Crippen molar-refractivity contribution in [2.45, 2.75) is 18.3 Å². The van der Waals surface area contributed by atoms with Gasteiger partial charge >= 0.3 is 0 Å². The number of hydrogen-bond donors (Lipinski definition) is 1. The van der Waals surface area contributed by atoms with Gasteiger partial charge in [0.15, 0.2) is 0 Å². The lowest BCUT2D eigenvalue weighted by Gasteiger charge is -2.25. The molecule has 1 atom stereocenters. The molecule has 0 saturated heterocycles. The van der Waals surface area contributed by atoms with Gasteiger partial charge in [-0.2, -0.15) is 0 Å². The van der Waals surface area contributed by atoms with Crippen LogP contribution in [0, 0.1) is 0 Å². The van der Waals surface area contributed by atoms with Crippen LogP contribution >= 0.6 is 11.6 Å². The molecule has 1 aromatic heterocycles. The summed E-state index contributed by atoms with van der Waals surface area (Å²) in [4.78, 5) is 16.4. The summed E-state index contributed by atoms with van der Waals surface area (Å²) in [5.74, 6) is 2.59. The minimum absolute atomic E-state index is 0.0558. The Morgan fingerprint density at radius 2 is 1.80 bits per heavy atom.